The average molecular weight is 321 g/mol. The molecule has 2 aromatic rings. The van der Waals surface area contributed by atoms with Crippen molar-refractivity contribution in [2.75, 3.05) is 5.32 Å². The first-order valence-corrected chi connectivity index (χ1v) is 7.99. The van der Waals surface area contributed by atoms with E-state index in [9.17, 15) is 9.59 Å². The van der Waals surface area contributed by atoms with Gasteiger partial charge >= 0.3 is 0 Å². The number of nitrogens with zero attached hydrogens (tertiary/aromatic N) is 1. The highest BCUT2D eigenvalue weighted by atomic mass is 16.2. The molecule has 1 fully saturated rings. The summed E-state index contributed by atoms with van der Waals surface area (Å²) in [5.74, 6) is -0.0657. The predicted molar refractivity (Wildman–Crippen MR) is 93.9 cm³/mol. The van der Waals surface area contributed by atoms with E-state index in [0.717, 1.165) is 18.4 Å². The minimum Gasteiger partial charge on any atom is -0.326 e. The van der Waals surface area contributed by atoms with Crippen LogP contribution in [0.3, 0.4) is 0 Å². The number of anilines is 1. The number of amides is 2. The van der Waals surface area contributed by atoms with Crippen LogP contribution in [0.15, 0.2) is 59.7 Å². The molecule has 2 N–H and O–H groups in total. The summed E-state index contributed by atoms with van der Waals surface area (Å²) in [6.45, 7) is 0. The molecule has 0 bridgehead atoms. The number of nitrogens with one attached hydrogen (secondary N) is 2. The van der Waals surface area contributed by atoms with E-state index in [4.69, 9.17) is 0 Å². The van der Waals surface area contributed by atoms with Crippen LogP contribution < -0.4 is 10.7 Å². The molecule has 3 rings (SSSR count). The van der Waals surface area contributed by atoms with Gasteiger partial charge in [-0.15, -0.1) is 0 Å². The van der Waals surface area contributed by atoms with Crippen molar-refractivity contribution < 1.29 is 9.59 Å². The van der Waals surface area contributed by atoms with E-state index in [1.807, 2.05) is 30.3 Å². The lowest BCUT2D eigenvalue weighted by Crippen LogP contribution is -2.18. The normalized spacial score (nSPS) is 13.7. The molecule has 2 amide bonds. The summed E-state index contributed by atoms with van der Waals surface area (Å²) in [5.41, 5.74) is 4.83. The van der Waals surface area contributed by atoms with Crippen LogP contribution in [0.2, 0.25) is 0 Å². The standard InChI is InChI=1S/C19H19N3O2/c23-18(15-6-7-15)21-17-10-8-16(9-11-17)19(24)22-20-13-12-14-4-2-1-3-5-14/h1-5,8-11,13,15H,6-7,12H2,(H,21,23)(H,22,24). The summed E-state index contributed by atoms with van der Waals surface area (Å²) < 4.78 is 0. The van der Waals surface area contributed by atoms with Gasteiger partial charge in [-0.3, -0.25) is 9.59 Å². The van der Waals surface area contributed by atoms with Crippen molar-refractivity contribution in [3.63, 3.8) is 0 Å². The quantitative estimate of drug-likeness (QED) is 0.634. The van der Waals surface area contributed by atoms with Crippen LogP contribution in [0, 0.1) is 5.92 Å². The molecule has 5 nitrogen and oxygen atoms in total. The smallest absolute Gasteiger partial charge is 0.271 e. The Morgan fingerprint density at radius 3 is 2.42 bits per heavy atom. The van der Waals surface area contributed by atoms with E-state index in [1.165, 1.54) is 0 Å². The topological polar surface area (TPSA) is 70.6 Å². The Morgan fingerprint density at radius 1 is 1.04 bits per heavy atom. The minimum atomic E-state index is -0.278. The molecular formula is C19H19N3O2. The van der Waals surface area contributed by atoms with E-state index in [0.29, 0.717) is 17.7 Å². The van der Waals surface area contributed by atoms with Gasteiger partial charge in [-0.2, -0.15) is 5.10 Å². The molecular weight excluding hydrogens is 302 g/mol. The fourth-order valence-electron chi connectivity index (χ4n) is 2.23. The summed E-state index contributed by atoms with van der Waals surface area (Å²) in [7, 11) is 0. The van der Waals surface area contributed by atoms with Gasteiger partial charge in [0.1, 0.15) is 0 Å². The van der Waals surface area contributed by atoms with Crippen LogP contribution in [-0.4, -0.2) is 18.0 Å². The predicted octanol–water partition coefficient (Wildman–Crippen LogP) is 2.99. The van der Waals surface area contributed by atoms with Crippen LogP contribution in [-0.2, 0) is 11.2 Å². The Balaban J connectivity index is 1.48. The molecule has 0 radical (unpaired) electrons. The highest BCUT2D eigenvalue weighted by Gasteiger charge is 2.29. The van der Waals surface area contributed by atoms with E-state index >= 15 is 0 Å². The van der Waals surface area contributed by atoms with Gasteiger partial charge in [-0.25, -0.2) is 5.43 Å². The maximum atomic E-state index is 12.0. The van der Waals surface area contributed by atoms with E-state index in [-0.39, 0.29) is 17.7 Å². The highest BCUT2D eigenvalue weighted by Crippen LogP contribution is 2.30. The van der Waals surface area contributed by atoms with Crippen molar-refractivity contribution in [1.82, 2.24) is 5.43 Å². The third kappa shape index (κ3) is 4.52. The Bertz CT molecular complexity index is 735. The first kappa shape index (κ1) is 15.9. The van der Waals surface area contributed by atoms with Crippen molar-refractivity contribution in [1.29, 1.82) is 0 Å². The van der Waals surface area contributed by atoms with E-state index in [1.54, 1.807) is 30.5 Å². The molecule has 1 aliphatic carbocycles. The number of carbonyl (C=O) groups excluding carboxylic acids is 2. The Labute approximate surface area is 140 Å². The number of rotatable bonds is 6. The van der Waals surface area contributed by atoms with Gasteiger partial charge in [0, 0.05) is 29.8 Å². The second-order valence-corrected chi connectivity index (χ2v) is 5.78. The molecule has 5 heteroatoms. The zero-order chi connectivity index (χ0) is 16.8. The van der Waals surface area contributed by atoms with Crippen LogP contribution in [0.4, 0.5) is 5.69 Å². The molecule has 122 valence electrons. The Kier molecular flexibility index (Phi) is 5.01. The molecule has 2 aromatic carbocycles. The molecule has 0 unspecified atom stereocenters. The first-order valence-electron chi connectivity index (χ1n) is 7.99. The van der Waals surface area contributed by atoms with Gasteiger partial charge in [-0.1, -0.05) is 30.3 Å². The zero-order valence-corrected chi connectivity index (χ0v) is 13.2. The number of hydrogen-bond donors (Lipinski definition) is 2. The summed E-state index contributed by atoms with van der Waals surface area (Å²) in [6, 6.07) is 16.7. The summed E-state index contributed by atoms with van der Waals surface area (Å²) in [4.78, 5) is 23.7. The molecule has 0 saturated heterocycles. The van der Waals surface area contributed by atoms with Gasteiger partial charge in [0.25, 0.3) is 5.91 Å². The fraction of sp³-hybridized carbons (Fsp3) is 0.211. The third-order valence-corrected chi connectivity index (χ3v) is 3.79. The Hall–Kier alpha value is -2.95. The van der Waals surface area contributed by atoms with E-state index in [2.05, 4.69) is 15.8 Å². The van der Waals surface area contributed by atoms with Crippen LogP contribution in [0.5, 0.6) is 0 Å². The summed E-state index contributed by atoms with van der Waals surface area (Å²) in [6.07, 6.45) is 4.26. The second-order valence-electron chi connectivity index (χ2n) is 5.78. The second kappa shape index (κ2) is 7.55. The molecule has 0 aliphatic heterocycles. The van der Waals surface area contributed by atoms with Crippen molar-refractivity contribution >= 4 is 23.7 Å². The van der Waals surface area contributed by atoms with Gasteiger partial charge in [0.15, 0.2) is 0 Å². The van der Waals surface area contributed by atoms with Crippen molar-refractivity contribution in [3.05, 3.63) is 65.7 Å². The number of benzene rings is 2. The summed E-state index contributed by atoms with van der Waals surface area (Å²) in [5, 5.41) is 6.79. The zero-order valence-electron chi connectivity index (χ0n) is 13.2. The lowest BCUT2D eigenvalue weighted by atomic mass is 10.2. The molecule has 24 heavy (non-hydrogen) atoms. The van der Waals surface area contributed by atoms with Crippen LogP contribution >= 0.6 is 0 Å². The maximum absolute atomic E-state index is 12.0. The van der Waals surface area contributed by atoms with Gasteiger partial charge in [0.2, 0.25) is 5.91 Å². The van der Waals surface area contributed by atoms with Crippen molar-refractivity contribution in [3.8, 4) is 0 Å². The lowest BCUT2D eigenvalue weighted by Gasteiger charge is -2.05. The molecule has 0 atom stereocenters. The van der Waals surface area contributed by atoms with Crippen LogP contribution in [0.1, 0.15) is 28.8 Å². The largest absolute Gasteiger partial charge is 0.326 e. The highest BCUT2D eigenvalue weighted by molar-refractivity contribution is 5.96. The minimum absolute atomic E-state index is 0.0534. The molecule has 0 aromatic heterocycles. The number of hydrazone groups is 1. The van der Waals surface area contributed by atoms with E-state index < -0.39 is 0 Å². The van der Waals surface area contributed by atoms with Crippen molar-refractivity contribution in [2.24, 2.45) is 11.0 Å². The van der Waals surface area contributed by atoms with Crippen molar-refractivity contribution in [2.45, 2.75) is 19.3 Å². The van der Waals surface area contributed by atoms with Crippen LogP contribution in [0.25, 0.3) is 0 Å². The monoisotopic (exact) mass is 321 g/mol. The van der Waals surface area contributed by atoms with Gasteiger partial charge in [-0.05, 0) is 42.7 Å². The first-order chi connectivity index (χ1) is 11.7. The maximum Gasteiger partial charge on any atom is 0.271 e. The number of hydrogen-bond acceptors (Lipinski definition) is 3. The molecule has 1 aliphatic rings. The third-order valence-electron chi connectivity index (χ3n) is 3.79. The molecule has 1 saturated carbocycles. The number of carbonyl (C=O) groups is 2. The fourth-order valence-corrected chi connectivity index (χ4v) is 2.23. The van der Waals surface area contributed by atoms with Gasteiger partial charge < -0.3 is 5.32 Å². The lowest BCUT2D eigenvalue weighted by molar-refractivity contribution is -0.117. The molecule has 0 heterocycles. The average Bonchev–Trinajstić information content (AvgIpc) is 3.45. The van der Waals surface area contributed by atoms with Gasteiger partial charge in [0.05, 0.1) is 0 Å². The molecule has 0 spiro atoms. The Morgan fingerprint density at radius 2 is 1.75 bits per heavy atom. The SMILES string of the molecule is O=C(NN=CCc1ccccc1)c1ccc(NC(=O)C2CC2)cc1. The summed E-state index contributed by atoms with van der Waals surface area (Å²) >= 11 is 0.